The second-order valence-electron chi connectivity index (χ2n) is 2.29. The molecule has 0 amide bonds. The lowest BCUT2D eigenvalue weighted by Gasteiger charge is -1.98. The summed E-state index contributed by atoms with van der Waals surface area (Å²) < 4.78 is 1.42. The molecule has 7 heteroatoms. The molecule has 0 bridgehead atoms. The molecule has 0 unspecified atom stereocenters. The van der Waals surface area contributed by atoms with E-state index in [4.69, 9.17) is 11.6 Å². The van der Waals surface area contributed by atoms with Gasteiger partial charge < -0.3 is 0 Å². The van der Waals surface area contributed by atoms with E-state index in [2.05, 4.69) is 25.0 Å². The molecule has 0 fully saturated rings. The average Bonchev–Trinajstić information content (AvgIpc) is 2.53. The molecular formula is C6H5ClN6. The lowest BCUT2D eigenvalue weighted by molar-refractivity contribution is 0.781. The van der Waals surface area contributed by atoms with Gasteiger partial charge in [-0.15, -0.1) is 0 Å². The van der Waals surface area contributed by atoms with Crippen LogP contribution in [-0.2, 0) is 0 Å². The molecule has 0 saturated carbocycles. The van der Waals surface area contributed by atoms with E-state index in [0.29, 0.717) is 11.8 Å². The van der Waals surface area contributed by atoms with Gasteiger partial charge in [-0.1, -0.05) is 0 Å². The number of aryl methyl sites for hydroxylation is 1. The Morgan fingerprint density at radius 3 is 2.77 bits per heavy atom. The second-order valence-corrected chi connectivity index (χ2v) is 2.63. The van der Waals surface area contributed by atoms with Crippen molar-refractivity contribution in [3.05, 3.63) is 23.8 Å². The lowest BCUT2D eigenvalue weighted by Crippen LogP contribution is -2.04. The molecule has 0 radical (unpaired) electrons. The standard InChI is InChI=1S/C6H5ClN6/c1-4-10-5(7)12-6(11-4)13-3-8-2-9-13/h2-3H,1H3. The van der Waals surface area contributed by atoms with Crippen molar-refractivity contribution in [1.82, 2.24) is 29.7 Å². The molecule has 2 rings (SSSR count). The van der Waals surface area contributed by atoms with Crippen LogP contribution in [0, 0.1) is 6.92 Å². The second kappa shape index (κ2) is 3.06. The predicted molar refractivity (Wildman–Crippen MR) is 44.5 cm³/mol. The first-order chi connectivity index (χ1) is 6.25. The van der Waals surface area contributed by atoms with Crippen molar-refractivity contribution in [2.75, 3.05) is 0 Å². The molecule has 2 aromatic heterocycles. The number of halogens is 1. The molecule has 0 aliphatic rings. The normalized spacial score (nSPS) is 10.3. The summed E-state index contributed by atoms with van der Waals surface area (Å²) in [5.41, 5.74) is 0. The van der Waals surface area contributed by atoms with Gasteiger partial charge in [0.15, 0.2) is 0 Å². The molecular weight excluding hydrogens is 192 g/mol. The van der Waals surface area contributed by atoms with Crippen LogP contribution in [-0.4, -0.2) is 29.7 Å². The fraction of sp³-hybridized carbons (Fsp3) is 0.167. The molecule has 66 valence electrons. The molecule has 0 aliphatic carbocycles. The Labute approximate surface area is 78.6 Å². The molecule has 0 spiro atoms. The Balaban J connectivity index is 2.53. The van der Waals surface area contributed by atoms with E-state index >= 15 is 0 Å². The summed E-state index contributed by atoms with van der Waals surface area (Å²) in [5, 5.41) is 4.01. The molecule has 2 heterocycles. The van der Waals surface area contributed by atoms with E-state index in [-0.39, 0.29) is 5.28 Å². The summed E-state index contributed by atoms with van der Waals surface area (Å²) in [4.78, 5) is 15.5. The molecule has 0 atom stereocenters. The summed E-state index contributed by atoms with van der Waals surface area (Å²) in [6.07, 6.45) is 2.89. The van der Waals surface area contributed by atoms with Gasteiger partial charge in [0, 0.05) is 0 Å². The van der Waals surface area contributed by atoms with Crippen LogP contribution in [0.25, 0.3) is 5.95 Å². The van der Waals surface area contributed by atoms with Gasteiger partial charge in [0.05, 0.1) is 0 Å². The summed E-state index contributed by atoms with van der Waals surface area (Å²) in [6.45, 7) is 1.73. The maximum atomic E-state index is 5.64. The minimum atomic E-state index is 0.151. The average molecular weight is 197 g/mol. The van der Waals surface area contributed by atoms with E-state index < -0.39 is 0 Å². The molecule has 0 saturated heterocycles. The van der Waals surface area contributed by atoms with Crippen LogP contribution in [0.1, 0.15) is 5.82 Å². The van der Waals surface area contributed by atoms with E-state index in [1.165, 1.54) is 17.3 Å². The van der Waals surface area contributed by atoms with E-state index in [1.54, 1.807) is 6.92 Å². The molecule has 2 aromatic rings. The summed E-state index contributed by atoms with van der Waals surface area (Å²) in [5.74, 6) is 0.917. The van der Waals surface area contributed by atoms with Crippen molar-refractivity contribution in [2.45, 2.75) is 6.92 Å². The Morgan fingerprint density at radius 2 is 2.15 bits per heavy atom. The highest BCUT2D eigenvalue weighted by atomic mass is 35.5. The monoisotopic (exact) mass is 196 g/mol. The number of hydrogen-bond donors (Lipinski definition) is 0. The van der Waals surface area contributed by atoms with Gasteiger partial charge in [-0.05, 0) is 18.5 Å². The highest BCUT2D eigenvalue weighted by Gasteiger charge is 2.03. The van der Waals surface area contributed by atoms with Gasteiger partial charge in [-0.25, -0.2) is 9.97 Å². The largest absolute Gasteiger partial charge is 0.256 e. The van der Waals surface area contributed by atoms with E-state index in [1.807, 2.05) is 0 Å². The molecule has 0 N–H and O–H groups in total. The minimum absolute atomic E-state index is 0.151. The smallest absolute Gasteiger partial charge is 0.223 e. The third-order valence-electron chi connectivity index (χ3n) is 1.33. The van der Waals surface area contributed by atoms with Crippen molar-refractivity contribution >= 4 is 11.6 Å². The number of nitrogens with zero attached hydrogens (tertiary/aromatic N) is 6. The van der Waals surface area contributed by atoms with Crippen LogP contribution in [0.4, 0.5) is 0 Å². The zero-order valence-electron chi connectivity index (χ0n) is 6.72. The van der Waals surface area contributed by atoms with Crippen LogP contribution in [0.15, 0.2) is 12.7 Å². The number of hydrogen-bond acceptors (Lipinski definition) is 5. The van der Waals surface area contributed by atoms with E-state index in [0.717, 1.165) is 0 Å². The van der Waals surface area contributed by atoms with Crippen molar-refractivity contribution in [1.29, 1.82) is 0 Å². The van der Waals surface area contributed by atoms with Crippen LogP contribution in [0.3, 0.4) is 0 Å². The van der Waals surface area contributed by atoms with Crippen molar-refractivity contribution in [3.63, 3.8) is 0 Å². The molecule has 13 heavy (non-hydrogen) atoms. The SMILES string of the molecule is Cc1nc(Cl)nc(-n2cncn2)n1. The van der Waals surface area contributed by atoms with Gasteiger partial charge in [0.1, 0.15) is 18.5 Å². The first-order valence-electron chi connectivity index (χ1n) is 3.49. The Bertz CT molecular complexity index is 391. The summed E-state index contributed by atoms with van der Waals surface area (Å²) in [7, 11) is 0. The first kappa shape index (κ1) is 8.06. The van der Waals surface area contributed by atoms with Gasteiger partial charge in [-0.2, -0.15) is 19.7 Å². The van der Waals surface area contributed by atoms with Crippen molar-refractivity contribution < 1.29 is 0 Å². The third-order valence-corrected chi connectivity index (χ3v) is 1.50. The van der Waals surface area contributed by atoms with Gasteiger partial charge in [-0.3, -0.25) is 0 Å². The number of aromatic nitrogens is 6. The maximum absolute atomic E-state index is 5.64. The van der Waals surface area contributed by atoms with Gasteiger partial charge in [0.25, 0.3) is 5.95 Å². The van der Waals surface area contributed by atoms with E-state index in [9.17, 15) is 0 Å². The fourth-order valence-electron chi connectivity index (χ4n) is 0.850. The Morgan fingerprint density at radius 1 is 1.31 bits per heavy atom. The van der Waals surface area contributed by atoms with Gasteiger partial charge in [0.2, 0.25) is 5.28 Å². The van der Waals surface area contributed by atoms with Crippen LogP contribution >= 0.6 is 11.6 Å². The molecule has 6 nitrogen and oxygen atoms in total. The zero-order valence-corrected chi connectivity index (χ0v) is 7.47. The quantitative estimate of drug-likeness (QED) is 0.661. The van der Waals surface area contributed by atoms with Crippen LogP contribution < -0.4 is 0 Å². The first-order valence-corrected chi connectivity index (χ1v) is 3.86. The summed E-state index contributed by atoms with van der Waals surface area (Å²) >= 11 is 5.64. The highest BCUT2D eigenvalue weighted by Crippen LogP contribution is 2.03. The zero-order chi connectivity index (χ0) is 9.26. The fourth-order valence-corrected chi connectivity index (χ4v) is 1.05. The Kier molecular flexibility index (Phi) is 1.90. The van der Waals surface area contributed by atoms with Crippen LogP contribution in [0.5, 0.6) is 0 Å². The predicted octanol–water partition coefficient (Wildman–Crippen LogP) is 0.414. The Hall–Kier alpha value is -1.56. The molecule has 0 aromatic carbocycles. The number of rotatable bonds is 1. The van der Waals surface area contributed by atoms with Crippen molar-refractivity contribution in [2.24, 2.45) is 0 Å². The minimum Gasteiger partial charge on any atom is -0.223 e. The maximum Gasteiger partial charge on any atom is 0.256 e. The highest BCUT2D eigenvalue weighted by molar-refractivity contribution is 6.28. The lowest BCUT2D eigenvalue weighted by atomic mass is 10.7. The topological polar surface area (TPSA) is 69.4 Å². The van der Waals surface area contributed by atoms with Crippen molar-refractivity contribution in [3.8, 4) is 5.95 Å². The van der Waals surface area contributed by atoms with Gasteiger partial charge >= 0.3 is 0 Å². The third kappa shape index (κ3) is 1.62. The van der Waals surface area contributed by atoms with Crippen LogP contribution in [0.2, 0.25) is 5.28 Å². The summed E-state index contributed by atoms with van der Waals surface area (Å²) in [6, 6.07) is 0. The molecule has 0 aliphatic heterocycles.